The number of nitrogens with zero attached hydrogens (tertiary/aromatic N) is 1. The maximum absolute atomic E-state index is 5.91. The quantitative estimate of drug-likeness (QED) is 0.695. The van der Waals surface area contributed by atoms with Crippen LogP contribution < -0.4 is 14.2 Å². The highest BCUT2D eigenvalue weighted by atomic mass is 16.5. The Labute approximate surface area is 142 Å². The van der Waals surface area contributed by atoms with Gasteiger partial charge in [-0.1, -0.05) is 6.07 Å². The van der Waals surface area contributed by atoms with E-state index in [1.165, 1.54) is 16.5 Å². The average molecular weight is 323 g/mol. The van der Waals surface area contributed by atoms with Crippen LogP contribution in [0.15, 0.2) is 42.6 Å². The van der Waals surface area contributed by atoms with Crippen molar-refractivity contribution < 1.29 is 14.2 Å². The third-order valence-electron chi connectivity index (χ3n) is 4.19. The second-order valence-corrected chi connectivity index (χ2v) is 5.72. The summed E-state index contributed by atoms with van der Waals surface area (Å²) in [6, 6.07) is 11.9. The van der Waals surface area contributed by atoms with Crippen molar-refractivity contribution in [2.24, 2.45) is 0 Å². The lowest BCUT2D eigenvalue weighted by Gasteiger charge is -2.12. The van der Waals surface area contributed by atoms with Crippen LogP contribution in [-0.4, -0.2) is 19.2 Å². The second kappa shape index (κ2) is 6.79. The molecule has 0 N–H and O–H groups in total. The predicted octanol–water partition coefficient (Wildman–Crippen LogP) is 4.45. The summed E-state index contributed by atoms with van der Waals surface area (Å²) >= 11 is 0. The highest BCUT2D eigenvalue weighted by Crippen LogP contribution is 2.31. The van der Waals surface area contributed by atoms with E-state index in [1.54, 1.807) is 14.2 Å². The normalized spacial score (nSPS) is 10.7. The molecule has 1 aromatic heterocycles. The molecule has 24 heavy (non-hydrogen) atoms. The third-order valence-corrected chi connectivity index (χ3v) is 4.19. The van der Waals surface area contributed by atoms with Crippen molar-refractivity contribution in [2.75, 3.05) is 14.2 Å². The average Bonchev–Trinajstić information content (AvgIpc) is 2.60. The van der Waals surface area contributed by atoms with Crippen molar-refractivity contribution in [1.29, 1.82) is 0 Å². The molecule has 2 aromatic carbocycles. The molecule has 0 saturated heterocycles. The summed E-state index contributed by atoms with van der Waals surface area (Å²) in [6.07, 6.45) is 1.82. The molecule has 124 valence electrons. The highest BCUT2D eigenvalue weighted by Gasteiger charge is 2.08. The summed E-state index contributed by atoms with van der Waals surface area (Å²) in [6.45, 7) is 4.63. The van der Waals surface area contributed by atoms with Gasteiger partial charge in [-0.15, -0.1) is 0 Å². The molecule has 0 atom stereocenters. The van der Waals surface area contributed by atoms with E-state index in [1.807, 2.05) is 30.5 Å². The first-order valence-corrected chi connectivity index (χ1v) is 7.82. The van der Waals surface area contributed by atoms with Gasteiger partial charge in [-0.25, -0.2) is 0 Å². The Kier molecular flexibility index (Phi) is 4.56. The van der Waals surface area contributed by atoms with Crippen LogP contribution >= 0.6 is 0 Å². The summed E-state index contributed by atoms with van der Waals surface area (Å²) in [5, 5.41) is 2.31. The third kappa shape index (κ3) is 3.13. The zero-order chi connectivity index (χ0) is 17.1. The lowest BCUT2D eigenvalue weighted by Crippen LogP contribution is -2.00. The van der Waals surface area contributed by atoms with E-state index in [0.29, 0.717) is 18.1 Å². The minimum absolute atomic E-state index is 0.398. The number of aryl methyl sites for hydroxylation is 2. The van der Waals surface area contributed by atoms with Crippen LogP contribution in [0.4, 0.5) is 0 Å². The van der Waals surface area contributed by atoms with Crippen LogP contribution in [0.1, 0.15) is 16.8 Å². The van der Waals surface area contributed by atoms with Crippen molar-refractivity contribution in [3.05, 3.63) is 59.4 Å². The molecule has 4 nitrogen and oxygen atoms in total. The second-order valence-electron chi connectivity index (χ2n) is 5.72. The standard InChI is InChI=1S/C20H21NO3/c1-13-9-15-7-8-21-18(17(15)10-14(13)2)12-24-16-5-6-19(22-3)20(11-16)23-4/h5-11H,12H2,1-4H3. The van der Waals surface area contributed by atoms with E-state index in [0.717, 1.165) is 16.8 Å². The number of methoxy groups -OCH3 is 2. The molecule has 0 aliphatic rings. The number of pyridine rings is 1. The van der Waals surface area contributed by atoms with Crippen LogP contribution in [0, 0.1) is 13.8 Å². The summed E-state index contributed by atoms with van der Waals surface area (Å²) in [7, 11) is 3.22. The van der Waals surface area contributed by atoms with E-state index < -0.39 is 0 Å². The first-order chi connectivity index (χ1) is 11.6. The Morgan fingerprint density at radius 3 is 2.38 bits per heavy atom. The van der Waals surface area contributed by atoms with Crippen molar-refractivity contribution >= 4 is 10.8 Å². The van der Waals surface area contributed by atoms with E-state index in [9.17, 15) is 0 Å². The molecule has 0 unspecified atom stereocenters. The Balaban J connectivity index is 1.87. The van der Waals surface area contributed by atoms with E-state index in [4.69, 9.17) is 14.2 Å². The van der Waals surface area contributed by atoms with Crippen LogP contribution in [0.2, 0.25) is 0 Å². The van der Waals surface area contributed by atoms with Crippen molar-refractivity contribution in [2.45, 2.75) is 20.5 Å². The summed E-state index contributed by atoms with van der Waals surface area (Å²) < 4.78 is 16.5. The van der Waals surface area contributed by atoms with Crippen molar-refractivity contribution in [1.82, 2.24) is 4.98 Å². The van der Waals surface area contributed by atoms with Gasteiger partial charge in [-0.05, 0) is 54.6 Å². The molecule has 0 bridgehead atoms. The van der Waals surface area contributed by atoms with Gasteiger partial charge in [0.05, 0.1) is 19.9 Å². The van der Waals surface area contributed by atoms with Gasteiger partial charge in [0.1, 0.15) is 12.4 Å². The number of rotatable bonds is 5. The minimum atomic E-state index is 0.398. The summed E-state index contributed by atoms with van der Waals surface area (Å²) in [5.74, 6) is 2.04. The molecular weight excluding hydrogens is 302 g/mol. The van der Waals surface area contributed by atoms with Crippen LogP contribution in [0.25, 0.3) is 10.8 Å². The van der Waals surface area contributed by atoms with Gasteiger partial charge < -0.3 is 14.2 Å². The lowest BCUT2D eigenvalue weighted by molar-refractivity contribution is 0.297. The Morgan fingerprint density at radius 1 is 0.875 bits per heavy atom. The van der Waals surface area contributed by atoms with E-state index >= 15 is 0 Å². The summed E-state index contributed by atoms with van der Waals surface area (Å²) in [5.41, 5.74) is 3.45. The number of benzene rings is 2. The molecule has 0 amide bonds. The number of fused-ring (bicyclic) bond motifs is 1. The molecular formula is C20H21NO3. The topological polar surface area (TPSA) is 40.6 Å². The molecule has 3 aromatic rings. The first-order valence-electron chi connectivity index (χ1n) is 7.82. The summed E-state index contributed by atoms with van der Waals surface area (Å²) in [4.78, 5) is 4.49. The van der Waals surface area contributed by atoms with Gasteiger partial charge in [0.2, 0.25) is 0 Å². The maximum Gasteiger partial charge on any atom is 0.164 e. The molecule has 1 heterocycles. The smallest absolute Gasteiger partial charge is 0.164 e. The number of hydrogen-bond donors (Lipinski definition) is 0. The fourth-order valence-corrected chi connectivity index (χ4v) is 2.68. The molecule has 3 rings (SSSR count). The number of ether oxygens (including phenoxy) is 3. The van der Waals surface area contributed by atoms with Crippen LogP contribution in [0.3, 0.4) is 0 Å². The fourth-order valence-electron chi connectivity index (χ4n) is 2.68. The SMILES string of the molecule is COc1ccc(OCc2nccc3cc(C)c(C)cc23)cc1OC. The molecule has 0 aliphatic heterocycles. The zero-order valence-corrected chi connectivity index (χ0v) is 14.4. The lowest BCUT2D eigenvalue weighted by atomic mass is 10.0. The highest BCUT2D eigenvalue weighted by molar-refractivity contribution is 5.85. The Hall–Kier alpha value is -2.75. The van der Waals surface area contributed by atoms with Gasteiger partial charge in [0.15, 0.2) is 11.5 Å². The van der Waals surface area contributed by atoms with Gasteiger partial charge in [-0.3, -0.25) is 4.98 Å². The van der Waals surface area contributed by atoms with Gasteiger partial charge in [0.25, 0.3) is 0 Å². The fraction of sp³-hybridized carbons (Fsp3) is 0.250. The first kappa shape index (κ1) is 16.1. The molecule has 0 fully saturated rings. The van der Waals surface area contributed by atoms with Crippen LogP contribution in [0.5, 0.6) is 17.2 Å². The minimum Gasteiger partial charge on any atom is -0.493 e. The molecule has 0 saturated carbocycles. The number of aromatic nitrogens is 1. The molecule has 0 spiro atoms. The molecule has 4 heteroatoms. The molecule has 0 aliphatic carbocycles. The van der Waals surface area contributed by atoms with Crippen molar-refractivity contribution in [3.63, 3.8) is 0 Å². The maximum atomic E-state index is 5.91. The molecule has 0 radical (unpaired) electrons. The van der Waals surface area contributed by atoms with Gasteiger partial charge in [-0.2, -0.15) is 0 Å². The zero-order valence-electron chi connectivity index (χ0n) is 14.4. The van der Waals surface area contributed by atoms with E-state index in [-0.39, 0.29) is 0 Å². The Morgan fingerprint density at radius 2 is 1.62 bits per heavy atom. The van der Waals surface area contributed by atoms with Gasteiger partial charge in [0, 0.05) is 17.6 Å². The van der Waals surface area contributed by atoms with Crippen molar-refractivity contribution in [3.8, 4) is 17.2 Å². The monoisotopic (exact) mass is 323 g/mol. The number of hydrogen-bond acceptors (Lipinski definition) is 4. The van der Waals surface area contributed by atoms with Crippen LogP contribution in [-0.2, 0) is 6.61 Å². The van der Waals surface area contributed by atoms with Gasteiger partial charge >= 0.3 is 0 Å². The largest absolute Gasteiger partial charge is 0.493 e. The predicted molar refractivity (Wildman–Crippen MR) is 95.1 cm³/mol. The van der Waals surface area contributed by atoms with E-state index in [2.05, 4.69) is 31.0 Å². The Bertz CT molecular complexity index is 874.